The van der Waals surface area contributed by atoms with Crippen molar-refractivity contribution in [2.75, 3.05) is 0 Å². The molecule has 0 unspecified atom stereocenters. The van der Waals surface area contributed by atoms with Crippen LogP contribution in [0, 0.1) is 13.8 Å². The van der Waals surface area contributed by atoms with Gasteiger partial charge in [0.2, 0.25) is 12.3 Å². The van der Waals surface area contributed by atoms with E-state index in [0.29, 0.717) is 18.0 Å². The van der Waals surface area contributed by atoms with Crippen LogP contribution in [0.4, 0.5) is 0 Å². The lowest BCUT2D eigenvalue weighted by atomic mass is 10.1. The fourth-order valence-corrected chi connectivity index (χ4v) is 3.09. The number of amides is 1. The minimum Gasteiger partial charge on any atom is -0.423 e. The van der Waals surface area contributed by atoms with Gasteiger partial charge in [-0.25, -0.2) is 4.68 Å². The van der Waals surface area contributed by atoms with E-state index in [1.807, 2.05) is 48.9 Å². The van der Waals surface area contributed by atoms with Crippen LogP contribution >= 0.6 is 0 Å². The molecule has 0 spiro atoms. The Labute approximate surface area is 162 Å². The monoisotopic (exact) mass is 373 g/mol. The Kier molecular flexibility index (Phi) is 4.72. The van der Waals surface area contributed by atoms with E-state index in [2.05, 4.69) is 20.6 Å². The van der Waals surface area contributed by atoms with Crippen LogP contribution in [-0.4, -0.2) is 25.9 Å². The summed E-state index contributed by atoms with van der Waals surface area (Å²) >= 11 is 0. The molecule has 1 amide bonds. The summed E-state index contributed by atoms with van der Waals surface area (Å²) in [7, 11) is 0. The Bertz CT molecular complexity index is 1080. The largest absolute Gasteiger partial charge is 0.423 e. The van der Waals surface area contributed by atoms with Crippen molar-refractivity contribution >= 4 is 5.91 Å². The van der Waals surface area contributed by atoms with Gasteiger partial charge in [0, 0.05) is 28.9 Å². The average Bonchev–Trinajstić information content (AvgIpc) is 3.36. The molecular weight excluding hydrogens is 354 g/mol. The summed E-state index contributed by atoms with van der Waals surface area (Å²) in [6.45, 7) is 4.37. The molecule has 0 fully saturated rings. The second-order valence-electron chi connectivity index (χ2n) is 6.40. The maximum Gasteiger partial charge on any atom is 0.251 e. The van der Waals surface area contributed by atoms with Crippen LogP contribution in [0.1, 0.15) is 27.3 Å². The lowest BCUT2D eigenvalue weighted by Crippen LogP contribution is -2.23. The minimum atomic E-state index is -0.150. The zero-order chi connectivity index (χ0) is 19.5. The van der Waals surface area contributed by atoms with E-state index in [4.69, 9.17) is 4.42 Å². The van der Waals surface area contributed by atoms with Crippen molar-refractivity contribution in [2.24, 2.45) is 0 Å². The number of hydrogen-bond donors (Lipinski definition) is 1. The van der Waals surface area contributed by atoms with E-state index < -0.39 is 0 Å². The molecule has 0 radical (unpaired) electrons. The first-order valence-corrected chi connectivity index (χ1v) is 8.89. The Balaban J connectivity index is 1.47. The van der Waals surface area contributed by atoms with Crippen LogP contribution in [0.15, 0.2) is 65.4 Å². The molecule has 0 aliphatic heterocycles. The molecule has 0 aliphatic rings. The molecule has 4 rings (SSSR count). The van der Waals surface area contributed by atoms with Crippen LogP contribution in [0.25, 0.3) is 17.1 Å². The number of nitrogens with one attached hydrogen (secondary N) is 1. The summed E-state index contributed by atoms with van der Waals surface area (Å²) in [5.74, 6) is 0.273. The normalized spacial score (nSPS) is 10.8. The van der Waals surface area contributed by atoms with Gasteiger partial charge in [0.15, 0.2) is 0 Å². The van der Waals surface area contributed by atoms with Crippen LogP contribution in [0.3, 0.4) is 0 Å². The van der Waals surface area contributed by atoms with Gasteiger partial charge in [0.1, 0.15) is 0 Å². The molecule has 2 heterocycles. The average molecular weight is 373 g/mol. The van der Waals surface area contributed by atoms with Gasteiger partial charge in [-0.15, -0.1) is 10.2 Å². The van der Waals surface area contributed by atoms with Gasteiger partial charge in [-0.3, -0.25) is 4.79 Å². The summed E-state index contributed by atoms with van der Waals surface area (Å²) in [5.41, 5.74) is 5.25. The fourth-order valence-electron chi connectivity index (χ4n) is 3.09. The topological polar surface area (TPSA) is 85.8 Å². The van der Waals surface area contributed by atoms with Gasteiger partial charge in [-0.1, -0.05) is 18.2 Å². The minimum absolute atomic E-state index is 0.150. The van der Waals surface area contributed by atoms with Gasteiger partial charge in [0.05, 0.1) is 11.4 Å². The SMILES string of the molecule is Cc1nn(-c2ccccc2)c(C)c1CNC(=O)c1ccc(-c2nnco2)cc1. The highest BCUT2D eigenvalue weighted by Crippen LogP contribution is 2.19. The van der Waals surface area contributed by atoms with Crippen LogP contribution in [0.2, 0.25) is 0 Å². The fraction of sp³-hybridized carbons (Fsp3) is 0.143. The van der Waals surface area contributed by atoms with Crippen LogP contribution in [0.5, 0.6) is 0 Å². The molecule has 0 aliphatic carbocycles. The third-order valence-corrected chi connectivity index (χ3v) is 4.62. The summed E-state index contributed by atoms with van der Waals surface area (Å²) in [6.07, 6.45) is 1.27. The van der Waals surface area contributed by atoms with Crippen molar-refractivity contribution in [2.45, 2.75) is 20.4 Å². The van der Waals surface area contributed by atoms with Gasteiger partial charge >= 0.3 is 0 Å². The van der Waals surface area contributed by atoms with Crippen molar-refractivity contribution in [1.82, 2.24) is 25.3 Å². The standard InChI is InChI=1S/C21H19N5O2/c1-14-19(15(2)26(25-14)18-6-4-3-5-7-18)12-22-20(27)16-8-10-17(11-9-16)21-24-23-13-28-21/h3-11,13H,12H2,1-2H3,(H,22,27). The number of carbonyl (C=O) groups is 1. The Morgan fingerprint density at radius 2 is 1.82 bits per heavy atom. The summed E-state index contributed by atoms with van der Waals surface area (Å²) < 4.78 is 7.06. The third kappa shape index (κ3) is 3.42. The zero-order valence-electron chi connectivity index (χ0n) is 15.6. The summed E-state index contributed by atoms with van der Waals surface area (Å²) in [5, 5.41) is 15.1. The quantitative estimate of drug-likeness (QED) is 0.579. The van der Waals surface area contributed by atoms with Crippen LogP contribution < -0.4 is 5.32 Å². The van der Waals surface area contributed by atoms with E-state index in [0.717, 1.165) is 28.2 Å². The molecule has 2 aromatic heterocycles. The smallest absolute Gasteiger partial charge is 0.251 e. The molecule has 0 bridgehead atoms. The molecule has 7 heteroatoms. The second kappa shape index (κ2) is 7.48. The Hall–Kier alpha value is -3.74. The Morgan fingerprint density at radius 1 is 1.07 bits per heavy atom. The number of benzene rings is 2. The Morgan fingerprint density at radius 3 is 2.50 bits per heavy atom. The number of aromatic nitrogens is 4. The first-order chi connectivity index (χ1) is 13.6. The first-order valence-electron chi connectivity index (χ1n) is 8.89. The number of nitrogens with zero attached hydrogens (tertiary/aromatic N) is 4. The highest BCUT2D eigenvalue weighted by Gasteiger charge is 2.14. The number of aryl methyl sites for hydroxylation is 1. The zero-order valence-corrected chi connectivity index (χ0v) is 15.6. The maximum absolute atomic E-state index is 12.5. The van der Waals surface area contributed by atoms with Gasteiger partial charge in [-0.05, 0) is 50.2 Å². The molecule has 0 saturated carbocycles. The number of para-hydroxylation sites is 1. The van der Waals surface area contributed by atoms with E-state index in [-0.39, 0.29) is 5.91 Å². The lowest BCUT2D eigenvalue weighted by Gasteiger charge is -2.07. The first kappa shape index (κ1) is 17.7. The molecule has 0 atom stereocenters. The van der Waals surface area contributed by atoms with Crippen molar-refractivity contribution in [3.05, 3.63) is 83.5 Å². The van der Waals surface area contributed by atoms with Gasteiger partial charge < -0.3 is 9.73 Å². The van der Waals surface area contributed by atoms with Crippen molar-refractivity contribution in [1.29, 1.82) is 0 Å². The third-order valence-electron chi connectivity index (χ3n) is 4.62. The summed E-state index contributed by atoms with van der Waals surface area (Å²) in [4.78, 5) is 12.5. The second-order valence-corrected chi connectivity index (χ2v) is 6.40. The molecule has 140 valence electrons. The van der Waals surface area contributed by atoms with Crippen molar-refractivity contribution < 1.29 is 9.21 Å². The van der Waals surface area contributed by atoms with E-state index >= 15 is 0 Å². The molecule has 0 saturated heterocycles. The number of carbonyl (C=O) groups excluding carboxylic acids is 1. The molecule has 1 N–H and O–H groups in total. The maximum atomic E-state index is 12.5. The summed E-state index contributed by atoms with van der Waals surface area (Å²) in [6, 6.07) is 17.0. The lowest BCUT2D eigenvalue weighted by molar-refractivity contribution is 0.0951. The molecule has 28 heavy (non-hydrogen) atoms. The van der Waals surface area contributed by atoms with Crippen LogP contribution in [-0.2, 0) is 6.54 Å². The molecular formula is C21H19N5O2. The van der Waals surface area contributed by atoms with Gasteiger partial charge in [0.25, 0.3) is 5.91 Å². The predicted octanol–water partition coefficient (Wildman–Crippen LogP) is 3.47. The molecule has 7 nitrogen and oxygen atoms in total. The molecule has 2 aromatic carbocycles. The predicted molar refractivity (Wildman–Crippen MR) is 104 cm³/mol. The number of hydrogen-bond acceptors (Lipinski definition) is 5. The van der Waals surface area contributed by atoms with E-state index in [9.17, 15) is 4.79 Å². The highest BCUT2D eigenvalue weighted by atomic mass is 16.4. The van der Waals surface area contributed by atoms with Crippen molar-refractivity contribution in [3.8, 4) is 17.1 Å². The van der Waals surface area contributed by atoms with E-state index in [1.54, 1.807) is 24.3 Å². The van der Waals surface area contributed by atoms with E-state index in [1.165, 1.54) is 6.39 Å². The number of rotatable bonds is 5. The van der Waals surface area contributed by atoms with Gasteiger partial charge in [-0.2, -0.15) is 5.10 Å². The van der Waals surface area contributed by atoms with Crippen molar-refractivity contribution in [3.63, 3.8) is 0 Å². The highest BCUT2D eigenvalue weighted by molar-refractivity contribution is 5.94. The molecule has 4 aromatic rings.